The highest BCUT2D eigenvalue weighted by Crippen LogP contribution is 2.31. The van der Waals surface area contributed by atoms with Gasteiger partial charge in [-0.3, -0.25) is 14.7 Å². The summed E-state index contributed by atoms with van der Waals surface area (Å²) in [6, 6.07) is 19.7. The predicted molar refractivity (Wildman–Crippen MR) is 122 cm³/mol. The third kappa shape index (κ3) is 4.49. The van der Waals surface area contributed by atoms with E-state index in [2.05, 4.69) is 24.9 Å². The molecule has 4 rings (SSSR count). The Bertz CT molecular complexity index is 1120. The average Bonchev–Trinajstić information content (AvgIpc) is 3.16. The molecule has 29 heavy (non-hydrogen) atoms. The Kier molecular flexibility index (Phi) is 5.92. The minimum Gasteiger partial charge on any atom is -0.278 e. The van der Waals surface area contributed by atoms with Gasteiger partial charge in [0.15, 0.2) is 5.13 Å². The zero-order valence-corrected chi connectivity index (χ0v) is 18.0. The Balaban J connectivity index is 1.71. The minimum atomic E-state index is -0.0699. The van der Waals surface area contributed by atoms with Crippen LogP contribution in [0.25, 0.3) is 10.2 Å². The second kappa shape index (κ2) is 8.76. The van der Waals surface area contributed by atoms with Crippen molar-refractivity contribution in [1.82, 2.24) is 9.97 Å². The number of carbonyl (C=O) groups is 1. The van der Waals surface area contributed by atoms with Crippen LogP contribution in [0.15, 0.2) is 71.8 Å². The number of rotatable bonds is 6. The van der Waals surface area contributed by atoms with E-state index in [1.807, 2.05) is 54.6 Å². The van der Waals surface area contributed by atoms with Gasteiger partial charge in [-0.05, 0) is 66.8 Å². The maximum atomic E-state index is 13.4. The number of carbonyl (C=O) groups excluding carboxylic acids is 1. The SMILES string of the molecule is CCSc1ccc(C(=O)N(Cc2ccccn2)c2nc3ccc(C)cc3s2)cc1. The third-order valence-electron chi connectivity index (χ3n) is 4.47. The fourth-order valence-corrected chi connectivity index (χ4v) is 4.75. The summed E-state index contributed by atoms with van der Waals surface area (Å²) in [5.74, 6) is 0.934. The van der Waals surface area contributed by atoms with Crippen LogP contribution in [0, 0.1) is 6.92 Å². The highest BCUT2D eigenvalue weighted by molar-refractivity contribution is 7.99. The Labute approximate surface area is 178 Å². The number of thioether (sulfide) groups is 1. The first kappa shape index (κ1) is 19.6. The van der Waals surface area contributed by atoms with E-state index < -0.39 is 0 Å². The van der Waals surface area contributed by atoms with Crippen LogP contribution in [0.4, 0.5) is 5.13 Å². The van der Waals surface area contributed by atoms with E-state index in [0.29, 0.717) is 17.2 Å². The summed E-state index contributed by atoms with van der Waals surface area (Å²) in [7, 11) is 0. The zero-order valence-electron chi connectivity index (χ0n) is 16.3. The van der Waals surface area contributed by atoms with Crippen molar-refractivity contribution in [3.8, 4) is 0 Å². The minimum absolute atomic E-state index is 0.0699. The molecule has 0 N–H and O–H groups in total. The molecule has 0 spiro atoms. The molecular formula is C23H21N3OS2. The lowest BCUT2D eigenvalue weighted by Crippen LogP contribution is -2.30. The molecule has 0 aliphatic rings. The Hall–Kier alpha value is -2.70. The predicted octanol–water partition coefficient (Wildman–Crippen LogP) is 5.96. The second-order valence-electron chi connectivity index (χ2n) is 6.64. The number of fused-ring (bicyclic) bond motifs is 1. The molecular weight excluding hydrogens is 398 g/mol. The molecule has 146 valence electrons. The number of anilines is 1. The molecule has 0 saturated heterocycles. The van der Waals surface area contributed by atoms with Crippen molar-refractivity contribution in [3.63, 3.8) is 0 Å². The normalized spacial score (nSPS) is 11.0. The standard InChI is InChI=1S/C23H21N3OS2/c1-3-28-19-10-8-17(9-11-19)22(27)26(15-18-6-4-5-13-24-18)23-25-20-12-7-16(2)14-21(20)29-23/h4-14H,3,15H2,1-2H3. The molecule has 0 aliphatic carbocycles. The van der Waals surface area contributed by atoms with E-state index in [1.54, 1.807) is 22.9 Å². The van der Waals surface area contributed by atoms with Crippen molar-refractivity contribution in [2.45, 2.75) is 25.3 Å². The number of benzene rings is 2. The number of thiazole rings is 1. The first-order valence-electron chi connectivity index (χ1n) is 9.46. The number of hydrogen-bond acceptors (Lipinski definition) is 5. The average molecular weight is 420 g/mol. The van der Waals surface area contributed by atoms with Gasteiger partial charge in [0.1, 0.15) is 0 Å². The Morgan fingerprint density at radius 3 is 2.66 bits per heavy atom. The van der Waals surface area contributed by atoms with Crippen molar-refractivity contribution in [2.24, 2.45) is 0 Å². The summed E-state index contributed by atoms with van der Waals surface area (Å²) in [5.41, 5.74) is 3.56. The number of aromatic nitrogens is 2. The molecule has 2 heterocycles. The quantitative estimate of drug-likeness (QED) is 0.362. The van der Waals surface area contributed by atoms with Crippen molar-refractivity contribution in [2.75, 3.05) is 10.7 Å². The van der Waals surface area contributed by atoms with Crippen LogP contribution in [0.2, 0.25) is 0 Å². The van der Waals surface area contributed by atoms with Gasteiger partial charge in [0.25, 0.3) is 5.91 Å². The molecule has 1 amide bonds. The van der Waals surface area contributed by atoms with E-state index >= 15 is 0 Å². The van der Waals surface area contributed by atoms with Crippen LogP contribution in [0.5, 0.6) is 0 Å². The number of pyridine rings is 1. The molecule has 2 aromatic carbocycles. The van der Waals surface area contributed by atoms with Crippen LogP contribution in [0.1, 0.15) is 28.5 Å². The van der Waals surface area contributed by atoms with Crippen molar-refractivity contribution < 1.29 is 4.79 Å². The van der Waals surface area contributed by atoms with Crippen molar-refractivity contribution >= 4 is 44.4 Å². The highest BCUT2D eigenvalue weighted by Gasteiger charge is 2.22. The third-order valence-corrected chi connectivity index (χ3v) is 6.40. The Morgan fingerprint density at radius 2 is 1.93 bits per heavy atom. The summed E-state index contributed by atoms with van der Waals surface area (Å²) in [6.07, 6.45) is 1.75. The van der Waals surface area contributed by atoms with Crippen LogP contribution < -0.4 is 4.90 Å². The van der Waals surface area contributed by atoms with Gasteiger partial charge in [0, 0.05) is 16.7 Å². The van der Waals surface area contributed by atoms with Gasteiger partial charge >= 0.3 is 0 Å². The van der Waals surface area contributed by atoms with Crippen LogP contribution in [-0.2, 0) is 6.54 Å². The maximum Gasteiger partial charge on any atom is 0.260 e. The summed E-state index contributed by atoms with van der Waals surface area (Å²) in [4.78, 5) is 25.5. The van der Waals surface area contributed by atoms with Gasteiger partial charge in [-0.25, -0.2) is 4.98 Å². The largest absolute Gasteiger partial charge is 0.278 e. The van der Waals surface area contributed by atoms with E-state index in [4.69, 9.17) is 4.98 Å². The van der Waals surface area contributed by atoms with Gasteiger partial charge in [0.05, 0.1) is 22.5 Å². The van der Waals surface area contributed by atoms with Gasteiger partial charge in [-0.15, -0.1) is 11.8 Å². The maximum absolute atomic E-state index is 13.4. The second-order valence-corrected chi connectivity index (χ2v) is 8.98. The lowest BCUT2D eigenvalue weighted by atomic mass is 10.2. The molecule has 4 aromatic rings. The van der Waals surface area contributed by atoms with Crippen LogP contribution >= 0.6 is 23.1 Å². The molecule has 0 atom stereocenters. The van der Waals surface area contributed by atoms with Crippen LogP contribution in [0.3, 0.4) is 0 Å². The molecule has 0 fully saturated rings. The number of aryl methyl sites for hydroxylation is 1. The number of amides is 1. The van der Waals surface area contributed by atoms with Gasteiger partial charge in [-0.1, -0.05) is 30.4 Å². The van der Waals surface area contributed by atoms with E-state index in [1.165, 1.54) is 16.9 Å². The molecule has 0 aliphatic heterocycles. The summed E-state index contributed by atoms with van der Waals surface area (Å²) in [5, 5.41) is 0.688. The van der Waals surface area contributed by atoms with E-state index in [0.717, 1.165) is 26.6 Å². The molecule has 0 saturated carbocycles. The fourth-order valence-electron chi connectivity index (χ4n) is 3.03. The molecule has 0 radical (unpaired) electrons. The molecule has 6 heteroatoms. The van der Waals surface area contributed by atoms with Gasteiger partial charge in [-0.2, -0.15) is 0 Å². The molecule has 0 bridgehead atoms. The van der Waals surface area contributed by atoms with Crippen molar-refractivity contribution in [1.29, 1.82) is 0 Å². The van der Waals surface area contributed by atoms with Crippen molar-refractivity contribution in [3.05, 3.63) is 83.7 Å². The summed E-state index contributed by atoms with van der Waals surface area (Å²) < 4.78 is 1.08. The molecule has 2 aromatic heterocycles. The lowest BCUT2D eigenvalue weighted by molar-refractivity contribution is 0.0984. The van der Waals surface area contributed by atoms with E-state index in [9.17, 15) is 4.79 Å². The first-order valence-corrected chi connectivity index (χ1v) is 11.3. The molecule has 4 nitrogen and oxygen atoms in total. The van der Waals surface area contributed by atoms with Gasteiger partial charge < -0.3 is 0 Å². The summed E-state index contributed by atoms with van der Waals surface area (Å²) in [6.45, 7) is 4.56. The smallest absolute Gasteiger partial charge is 0.260 e. The molecule has 0 unspecified atom stereocenters. The number of nitrogens with zero attached hydrogens (tertiary/aromatic N) is 3. The van der Waals surface area contributed by atoms with E-state index in [-0.39, 0.29) is 5.91 Å². The Morgan fingerprint density at radius 1 is 1.10 bits per heavy atom. The number of hydrogen-bond donors (Lipinski definition) is 0. The lowest BCUT2D eigenvalue weighted by Gasteiger charge is -2.19. The van der Waals surface area contributed by atoms with Crippen LogP contribution in [-0.4, -0.2) is 21.6 Å². The zero-order chi connectivity index (χ0) is 20.2. The topological polar surface area (TPSA) is 46.1 Å². The summed E-state index contributed by atoms with van der Waals surface area (Å²) >= 11 is 3.30. The first-order chi connectivity index (χ1) is 14.1. The monoisotopic (exact) mass is 419 g/mol. The fraction of sp³-hybridized carbons (Fsp3) is 0.174. The van der Waals surface area contributed by atoms with Gasteiger partial charge in [0.2, 0.25) is 0 Å². The highest BCUT2D eigenvalue weighted by atomic mass is 32.2.